The van der Waals surface area contributed by atoms with Crippen molar-refractivity contribution in [2.24, 2.45) is 0 Å². The molecule has 0 aromatic heterocycles. The Balaban J connectivity index is 2.00. The van der Waals surface area contributed by atoms with Gasteiger partial charge in [0.2, 0.25) is 0 Å². The molecular weight excluding hydrogens is 348 g/mol. The number of hydrogen-bond donors (Lipinski definition) is 2. The minimum absolute atomic E-state index is 0.197. The molecule has 4 unspecified atom stereocenters. The zero-order chi connectivity index (χ0) is 21.2. The van der Waals surface area contributed by atoms with Crippen molar-refractivity contribution < 1.29 is 14.9 Å². The van der Waals surface area contributed by atoms with Crippen molar-refractivity contribution in [3.8, 4) is 0 Å². The van der Waals surface area contributed by atoms with Crippen LogP contribution in [0.25, 0.3) is 0 Å². The van der Waals surface area contributed by atoms with E-state index in [-0.39, 0.29) is 11.2 Å². The molecule has 0 aromatic rings. The van der Waals surface area contributed by atoms with Crippen molar-refractivity contribution in [1.29, 1.82) is 0 Å². The molecule has 1 heterocycles. The number of hydrogen-bond acceptors (Lipinski definition) is 3. The maximum absolute atomic E-state index is 10.7. The fourth-order valence-corrected chi connectivity index (χ4v) is 4.87. The van der Waals surface area contributed by atoms with E-state index in [0.717, 1.165) is 62.5 Å². The van der Waals surface area contributed by atoms with Gasteiger partial charge in [-0.2, -0.15) is 0 Å². The van der Waals surface area contributed by atoms with Crippen LogP contribution in [-0.2, 0) is 4.74 Å². The van der Waals surface area contributed by atoms with Crippen LogP contribution in [0.2, 0.25) is 0 Å². The largest absolute Gasteiger partial charge is 0.390 e. The van der Waals surface area contributed by atoms with E-state index in [9.17, 15) is 10.2 Å². The molecule has 1 aliphatic carbocycles. The normalized spacial score (nSPS) is 32.4. The average Bonchev–Trinajstić information content (AvgIpc) is 2.60. The quantitative estimate of drug-likeness (QED) is 0.386. The molecule has 0 amide bonds. The summed E-state index contributed by atoms with van der Waals surface area (Å²) in [7, 11) is 0. The van der Waals surface area contributed by atoms with E-state index < -0.39 is 11.7 Å². The van der Waals surface area contributed by atoms with Crippen molar-refractivity contribution in [3.05, 3.63) is 41.4 Å². The van der Waals surface area contributed by atoms with Gasteiger partial charge in [0.05, 0.1) is 17.3 Å². The molecule has 2 aliphatic rings. The smallest absolute Gasteiger partial charge is 0.111 e. The predicted molar refractivity (Wildman–Crippen MR) is 117 cm³/mol. The summed E-state index contributed by atoms with van der Waals surface area (Å²) in [5.74, 6) is 0. The summed E-state index contributed by atoms with van der Waals surface area (Å²) in [6.45, 7) is 16.4. The maximum Gasteiger partial charge on any atom is 0.111 e. The number of aliphatic hydroxyl groups excluding tert-OH is 1. The number of rotatable bonds is 9. The van der Waals surface area contributed by atoms with Crippen LogP contribution in [0, 0.1) is 6.42 Å². The predicted octanol–water partition coefficient (Wildman–Crippen LogP) is 5.82. The minimum Gasteiger partial charge on any atom is -0.390 e. The first-order valence-electron chi connectivity index (χ1n) is 10.9. The SMILES string of the molecule is C=C(C)[CH-]CCC(C)(O)CCCC1(C)CCC2=CC(O)C(C)=C(C)C2(CC)O1. The minimum atomic E-state index is -0.647. The van der Waals surface area contributed by atoms with Crippen molar-refractivity contribution in [2.75, 3.05) is 0 Å². The van der Waals surface area contributed by atoms with Crippen molar-refractivity contribution in [1.82, 2.24) is 0 Å². The highest BCUT2D eigenvalue weighted by Gasteiger charge is 2.48. The van der Waals surface area contributed by atoms with Gasteiger partial charge in [-0.05, 0) is 95.4 Å². The summed E-state index contributed by atoms with van der Waals surface area (Å²) in [6, 6.07) is 0. The Morgan fingerprint density at radius 2 is 2.07 bits per heavy atom. The van der Waals surface area contributed by atoms with Gasteiger partial charge in [-0.1, -0.05) is 20.3 Å². The highest BCUT2D eigenvalue weighted by atomic mass is 16.5. The Hall–Kier alpha value is -1.03. The van der Waals surface area contributed by atoms with E-state index in [4.69, 9.17) is 4.74 Å². The van der Waals surface area contributed by atoms with Gasteiger partial charge in [-0.15, -0.1) is 0 Å². The number of allylic oxidation sites excluding steroid dienone is 1. The van der Waals surface area contributed by atoms with Crippen LogP contribution < -0.4 is 0 Å². The third-order valence-electron chi connectivity index (χ3n) is 6.96. The fraction of sp³-hybridized carbons (Fsp3) is 0.720. The maximum atomic E-state index is 10.7. The van der Waals surface area contributed by atoms with Gasteiger partial charge >= 0.3 is 0 Å². The topological polar surface area (TPSA) is 49.7 Å². The van der Waals surface area contributed by atoms with Crippen molar-refractivity contribution in [3.63, 3.8) is 0 Å². The molecule has 0 saturated carbocycles. The molecule has 0 bridgehead atoms. The molecule has 3 nitrogen and oxygen atoms in total. The van der Waals surface area contributed by atoms with Crippen LogP contribution in [0.3, 0.4) is 0 Å². The lowest BCUT2D eigenvalue weighted by Crippen LogP contribution is -2.51. The highest BCUT2D eigenvalue weighted by Crippen LogP contribution is 2.50. The molecule has 4 atom stereocenters. The second kappa shape index (κ2) is 8.77. The lowest BCUT2D eigenvalue weighted by Gasteiger charge is -2.51. The standard InChI is InChI=1S/C25H41O3/c1-8-25-20(5)19(4)22(26)17-21(25)12-16-24(7,28-25)15-10-14-23(6,27)13-9-11-18(2)3/h11,17,22,26-27H,2,8-10,12-16H2,1,3-7H3/q-1. The van der Waals surface area contributed by atoms with Gasteiger partial charge in [0.15, 0.2) is 0 Å². The van der Waals surface area contributed by atoms with E-state index in [1.807, 2.05) is 26.8 Å². The zero-order valence-corrected chi connectivity index (χ0v) is 18.9. The second-order valence-corrected chi connectivity index (χ2v) is 9.62. The monoisotopic (exact) mass is 389 g/mol. The van der Waals surface area contributed by atoms with E-state index in [0.29, 0.717) is 0 Å². The van der Waals surface area contributed by atoms with Crippen LogP contribution in [0.4, 0.5) is 0 Å². The summed E-state index contributed by atoms with van der Waals surface area (Å²) in [6.07, 6.45) is 10.7. The molecule has 1 fully saturated rings. The Morgan fingerprint density at radius 1 is 1.39 bits per heavy atom. The molecule has 28 heavy (non-hydrogen) atoms. The Labute approximate surface area is 172 Å². The van der Waals surface area contributed by atoms with Crippen molar-refractivity contribution >= 4 is 0 Å². The van der Waals surface area contributed by atoms with Crippen LogP contribution in [0.15, 0.2) is 34.9 Å². The van der Waals surface area contributed by atoms with Gasteiger partial charge in [-0.3, -0.25) is 0 Å². The number of aliphatic hydroxyl groups is 2. The van der Waals surface area contributed by atoms with Crippen LogP contribution in [-0.4, -0.2) is 33.1 Å². The molecule has 2 N–H and O–H groups in total. The molecule has 0 aromatic carbocycles. The lowest BCUT2D eigenvalue weighted by atomic mass is 9.70. The lowest BCUT2D eigenvalue weighted by molar-refractivity contribution is -0.145. The third-order valence-corrected chi connectivity index (χ3v) is 6.96. The first kappa shape index (κ1) is 23.3. The molecule has 0 radical (unpaired) electrons. The summed E-state index contributed by atoms with van der Waals surface area (Å²) in [5, 5.41) is 21.0. The van der Waals surface area contributed by atoms with Crippen LogP contribution in [0.5, 0.6) is 0 Å². The summed E-state index contributed by atoms with van der Waals surface area (Å²) < 4.78 is 6.84. The van der Waals surface area contributed by atoms with Crippen LogP contribution in [0.1, 0.15) is 92.9 Å². The summed E-state index contributed by atoms with van der Waals surface area (Å²) in [5.41, 5.74) is 3.28. The number of ether oxygens (including phenoxy) is 1. The van der Waals surface area contributed by atoms with Gasteiger partial charge in [-0.25, -0.2) is 18.6 Å². The van der Waals surface area contributed by atoms with Gasteiger partial charge in [0, 0.05) is 0 Å². The first-order chi connectivity index (χ1) is 12.9. The van der Waals surface area contributed by atoms with E-state index in [1.165, 1.54) is 11.1 Å². The zero-order valence-electron chi connectivity index (χ0n) is 18.9. The fourth-order valence-electron chi connectivity index (χ4n) is 4.87. The second-order valence-electron chi connectivity index (χ2n) is 9.62. The Kier molecular flexibility index (Phi) is 7.28. The molecular formula is C25H41O3-. The van der Waals surface area contributed by atoms with E-state index in [2.05, 4.69) is 33.8 Å². The molecule has 1 aliphatic heterocycles. The first-order valence-corrected chi connectivity index (χ1v) is 10.9. The molecule has 160 valence electrons. The Morgan fingerprint density at radius 3 is 2.68 bits per heavy atom. The van der Waals surface area contributed by atoms with E-state index in [1.54, 1.807) is 0 Å². The third kappa shape index (κ3) is 5.11. The van der Waals surface area contributed by atoms with Crippen LogP contribution >= 0.6 is 0 Å². The van der Waals surface area contributed by atoms with Gasteiger partial charge in [0.1, 0.15) is 5.60 Å². The number of fused-ring (bicyclic) bond motifs is 1. The van der Waals surface area contributed by atoms with Crippen molar-refractivity contribution in [2.45, 2.75) is 116 Å². The van der Waals surface area contributed by atoms with Gasteiger partial charge in [0.25, 0.3) is 0 Å². The summed E-state index contributed by atoms with van der Waals surface area (Å²) >= 11 is 0. The Bertz CT molecular complexity index is 642. The molecule has 2 rings (SSSR count). The molecule has 3 heteroatoms. The highest BCUT2D eigenvalue weighted by molar-refractivity contribution is 5.44. The molecule has 0 spiro atoms. The average molecular weight is 390 g/mol. The molecule has 1 saturated heterocycles. The van der Waals surface area contributed by atoms with Gasteiger partial charge < -0.3 is 14.9 Å². The van der Waals surface area contributed by atoms with E-state index >= 15 is 0 Å². The summed E-state index contributed by atoms with van der Waals surface area (Å²) in [4.78, 5) is 0.